The molecule has 6 nitrogen and oxygen atoms in total. The van der Waals surface area contributed by atoms with Gasteiger partial charge in [-0.25, -0.2) is 0 Å². The quantitative estimate of drug-likeness (QED) is 0.640. The van der Waals surface area contributed by atoms with Crippen LogP contribution >= 0.6 is 15.9 Å². The van der Waals surface area contributed by atoms with E-state index in [1.807, 2.05) is 0 Å². The van der Waals surface area contributed by atoms with E-state index in [2.05, 4.69) is 21.2 Å². The molecule has 1 amide bonds. The van der Waals surface area contributed by atoms with E-state index in [9.17, 15) is 14.9 Å². The molecule has 0 radical (unpaired) electrons. The Morgan fingerprint density at radius 3 is 2.83 bits per heavy atom. The van der Waals surface area contributed by atoms with Crippen molar-refractivity contribution in [3.05, 3.63) is 38.3 Å². The molecule has 0 aromatic heterocycles. The minimum Gasteiger partial charge on any atom is -0.396 e. The molecule has 18 heavy (non-hydrogen) atoms. The van der Waals surface area contributed by atoms with E-state index in [0.29, 0.717) is 10.9 Å². The third kappa shape index (κ3) is 3.78. The molecule has 98 valence electrons. The smallest absolute Gasteiger partial charge is 0.284 e. The maximum atomic E-state index is 11.8. The molecule has 1 rings (SSSR count). The number of amides is 1. The van der Waals surface area contributed by atoms with E-state index in [1.165, 1.54) is 18.2 Å². The standard InChI is InChI=1S/C11H13BrN2O4/c1-7(4-5-15)13-11(16)8-2-3-9(12)10(6-8)14(17)18/h2-3,6-7,15H,4-5H2,1H3,(H,13,16). The van der Waals surface area contributed by atoms with Gasteiger partial charge in [-0.3, -0.25) is 14.9 Å². The molecule has 2 N–H and O–H groups in total. The first-order chi connectivity index (χ1) is 8.45. The Labute approximate surface area is 112 Å². The summed E-state index contributed by atoms with van der Waals surface area (Å²) in [6.07, 6.45) is 0.435. The number of carbonyl (C=O) groups excluding carboxylic acids is 1. The van der Waals surface area contributed by atoms with Gasteiger partial charge in [0.25, 0.3) is 11.6 Å². The van der Waals surface area contributed by atoms with Crippen LogP contribution in [0.1, 0.15) is 23.7 Å². The summed E-state index contributed by atoms with van der Waals surface area (Å²) in [5.74, 6) is -0.397. The molecule has 1 unspecified atom stereocenters. The van der Waals surface area contributed by atoms with Crippen LogP contribution in [0.25, 0.3) is 0 Å². The number of nitrogens with zero attached hydrogens (tertiary/aromatic N) is 1. The summed E-state index contributed by atoms with van der Waals surface area (Å²) in [4.78, 5) is 22.0. The zero-order chi connectivity index (χ0) is 13.7. The van der Waals surface area contributed by atoms with Gasteiger partial charge in [0.05, 0.1) is 9.40 Å². The normalized spacial score (nSPS) is 11.9. The molecule has 0 aliphatic heterocycles. The molecule has 0 heterocycles. The fourth-order valence-corrected chi connectivity index (χ4v) is 1.76. The van der Waals surface area contributed by atoms with Crippen LogP contribution in [0.2, 0.25) is 0 Å². The van der Waals surface area contributed by atoms with Crippen LogP contribution in [0.3, 0.4) is 0 Å². The van der Waals surface area contributed by atoms with Crippen LogP contribution in [-0.2, 0) is 0 Å². The van der Waals surface area contributed by atoms with E-state index in [4.69, 9.17) is 5.11 Å². The number of benzene rings is 1. The zero-order valence-electron chi connectivity index (χ0n) is 9.72. The van der Waals surface area contributed by atoms with Crippen molar-refractivity contribution in [2.45, 2.75) is 19.4 Å². The number of rotatable bonds is 5. The Kier molecular flexibility index (Phi) is 5.24. The second kappa shape index (κ2) is 6.46. The largest absolute Gasteiger partial charge is 0.396 e. The third-order valence-corrected chi connectivity index (χ3v) is 3.02. The molecule has 7 heteroatoms. The number of halogens is 1. The highest BCUT2D eigenvalue weighted by molar-refractivity contribution is 9.10. The lowest BCUT2D eigenvalue weighted by molar-refractivity contribution is -0.385. The minimum atomic E-state index is -0.558. The Hall–Kier alpha value is -1.47. The SMILES string of the molecule is CC(CCO)NC(=O)c1ccc(Br)c([N+](=O)[O-])c1. The predicted octanol–water partition coefficient (Wildman–Crippen LogP) is 1.86. The summed E-state index contributed by atoms with van der Waals surface area (Å²) < 4.78 is 0.326. The van der Waals surface area contributed by atoms with Gasteiger partial charge >= 0.3 is 0 Å². The molecule has 0 fully saturated rings. The molecule has 1 aromatic carbocycles. The molecular formula is C11H13BrN2O4. The average molecular weight is 317 g/mol. The van der Waals surface area contributed by atoms with Crippen molar-refractivity contribution in [3.63, 3.8) is 0 Å². The first kappa shape index (κ1) is 14.6. The van der Waals surface area contributed by atoms with Gasteiger partial charge < -0.3 is 10.4 Å². The number of aliphatic hydroxyl groups excluding tert-OH is 1. The predicted molar refractivity (Wildman–Crippen MR) is 69.4 cm³/mol. The lowest BCUT2D eigenvalue weighted by Gasteiger charge is -2.12. The third-order valence-electron chi connectivity index (χ3n) is 2.34. The summed E-state index contributed by atoms with van der Waals surface area (Å²) in [6, 6.07) is 3.98. The highest BCUT2D eigenvalue weighted by Gasteiger charge is 2.16. The topological polar surface area (TPSA) is 92.5 Å². The average Bonchev–Trinajstić information content (AvgIpc) is 2.29. The van der Waals surface area contributed by atoms with Gasteiger partial charge in [0, 0.05) is 24.3 Å². The molecule has 0 aliphatic rings. The lowest BCUT2D eigenvalue weighted by Crippen LogP contribution is -2.33. The summed E-state index contributed by atoms with van der Waals surface area (Å²) in [5, 5.41) is 22.1. The van der Waals surface area contributed by atoms with Crippen LogP contribution in [0.15, 0.2) is 22.7 Å². The Balaban J connectivity index is 2.87. The van der Waals surface area contributed by atoms with Crippen LogP contribution in [0.4, 0.5) is 5.69 Å². The number of aliphatic hydroxyl groups is 1. The van der Waals surface area contributed by atoms with Gasteiger partial charge in [-0.15, -0.1) is 0 Å². The van der Waals surface area contributed by atoms with Crippen molar-refractivity contribution >= 4 is 27.5 Å². The maximum absolute atomic E-state index is 11.8. The second-order valence-electron chi connectivity index (χ2n) is 3.81. The molecule has 0 aliphatic carbocycles. The molecular weight excluding hydrogens is 304 g/mol. The molecule has 0 bridgehead atoms. The van der Waals surface area contributed by atoms with Crippen molar-refractivity contribution in [1.82, 2.24) is 5.32 Å². The van der Waals surface area contributed by atoms with E-state index < -0.39 is 10.8 Å². The summed E-state index contributed by atoms with van der Waals surface area (Å²) in [5.41, 5.74) is 0.0622. The second-order valence-corrected chi connectivity index (χ2v) is 4.66. The zero-order valence-corrected chi connectivity index (χ0v) is 11.3. The number of nitro benzene ring substituents is 1. The fraction of sp³-hybridized carbons (Fsp3) is 0.364. The van der Waals surface area contributed by atoms with Crippen LogP contribution < -0.4 is 5.32 Å². The van der Waals surface area contributed by atoms with Crippen molar-refractivity contribution in [2.75, 3.05) is 6.61 Å². The molecule has 0 saturated heterocycles. The number of nitrogens with one attached hydrogen (secondary N) is 1. The van der Waals surface area contributed by atoms with E-state index in [1.54, 1.807) is 6.92 Å². The van der Waals surface area contributed by atoms with Crippen LogP contribution in [-0.4, -0.2) is 28.6 Å². The van der Waals surface area contributed by atoms with Gasteiger partial charge in [-0.2, -0.15) is 0 Å². The minimum absolute atomic E-state index is 0.0259. The Morgan fingerprint density at radius 2 is 2.28 bits per heavy atom. The highest BCUT2D eigenvalue weighted by atomic mass is 79.9. The van der Waals surface area contributed by atoms with Gasteiger partial charge in [0.1, 0.15) is 0 Å². The van der Waals surface area contributed by atoms with Crippen molar-refractivity contribution in [1.29, 1.82) is 0 Å². The summed E-state index contributed by atoms with van der Waals surface area (Å²) in [7, 11) is 0. The number of carbonyl (C=O) groups is 1. The van der Waals surface area contributed by atoms with Crippen molar-refractivity contribution < 1.29 is 14.8 Å². The van der Waals surface area contributed by atoms with E-state index >= 15 is 0 Å². The number of nitro groups is 1. The van der Waals surface area contributed by atoms with Crippen LogP contribution in [0, 0.1) is 10.1 Å². The van der Waals surface area contributed by atoms with Gasteiger partial charge in [-0.1, -0.05) is 0 Å². The Bertz CT molecular complexity index is 464. The number of hydrogen-bond acceptors (Lipinski definition) is 4. The van der Waals surface area contributed by atoms with E-state index in [0.717, 1.165) is 0 Å². The van der Waals surface area contributed by atoms with E-state index in [-0.39, 0.29) is 23.9 Å². The van der Waals surface area contributed by atoms with Crippen LogP contribution in [0.5, 0.6) is 0 Å². The Morgan fingerprint density at radius 1 is 1.61 bits per heavy atom. The molecule has 1 aromatic rings. The van der Waals surface area contributed by atoms with Gasteiger partial charge in [0.2, 0.25) is 0 Å². The molecule has 0 spiro atoms. The monoisotopic (exact) mass is 316 g/mol. The summed E-state index contributed by atoms with van der Waals surface area (Å²) in [6.45, 7) is 1.73. The molecule has 1 atom stereocenters. The fourth-order valence-electron chi connectivity index (χ4n) is 1.37. The summed E-state index contributed by atoms with van der Waals surface area (Å²) >= 11 is 3.05. The maximum Gasteiger partial charge on any atom is 0.284 e. The lowest BCUT2D eigenvalue weighted by atomic mass is 10.1. The number of hydrogen-bond donors (Lipinski definition) is 2. The van der Waals surface area contributed by atoms with Crippen molar-refractivity contribution in [3.8, 4) is 0 Å². The first-order valence-electron chi connectivity index (χ1n) is 5.31. The van der Waals surface area contributed by atoms with Gasteiger partial charge in [0.15, 0.2) is 0 Å². The highest BCUT2D eigenvalue weighted by Crippen LogP contribution is 2.25. The first-order valence-corrected chi connectivity index (χ1v) is 6.10. The molecule has 0 saturated carbocycles. The van der Waals surface area contributed by atoms with Crippen molar-refractivity contribution in [2.24, 2.45) is 0 Å². The van der Waals surface area contributed by atoms with Gasteiger partial charge in [-0.05, 0) is 41.4 Å².